The molecule has 5 heteroatoms. The second-order valence-electron chi connectivity index (χ2n) is 6.13. The standard InChI is InChI=1S/C16H22N2O3/c1-11-6-8-12(9-7-11)17-14(19)15(20)18-10-4-5-13(18)16(2,3)21/h6-9,13,21H,4-5,10H2,1-3H3,(H,17,19). The molecule has 1 saturated heterocycles. The summed E-state index contributed by atoms with van der Waals surface area (Å²) in [6, 6.07) is 6.95. The molecule has 114 valence electrons. The van der Waals surface area contributed by atoms with E-state index in [0.717, 1.165) is 12.0 Å². The minimum Gasteiger partial charge on any atom is -0.388 e. The number of hydrogen-bond acceptors (Lipinski definition) is 3. The first-order valence-corrected chi connectivity index (χ1v) is 7.20. The van der Waals surface area contributed by atoms with Crippen molar-refractivity contribution in [3.05, 3.63) is 29.8 Å². The van der Waals surface area contributed by atoms with Crippen molar-refractivity contribution in [3.63, 3.8) is 0 Å². The average Bonchev–Trinajstić information content (AvgIpc) is 2.89. The first-order chi connectivity index (χ1) is 9.79. The Morgan fingerprint density at radius 3 is 2.48 bits per heavy atom. The van der Waals surface area contributed by atoms with Gasteiger partial charge in [0.05, 0.1) is 11.6 Å². The molecule has 0 aliphatic carbocycles. The Hall–Kier alpha value is -1.88. The highest BCUT2D eigenvalue weighted by molar-refractivity contribution is 6.39. The lowest BCUT2D eigenvalue weighted by Crippen LogP contribution is -2.51. The van der Waals surface area contributed by atoms with Crippen LogP contribution < -0.4 is 5.32 Å². The molecule has 1 fully saturated rings. The molecule has 0 spiro atoms. The molecule has 0 aromatic heterocycles. The minimum absolute atomic E-state index is 0.311. The third kappa shape index (κ3) is 3.61. The number of carbonyl (C=O) groups is 2. The molecule has 0 saturated carbocycles. The quantitative estimate of drug-likeness (QED) is 0.814. The van der Waals surface area contributed by atoms with E-state index in [9.17, 15) is 14.7 Å². The maximum absolute atomic E-state index is 12.3. The van der Waals surface area contributed by atoms with E-state index in [4.69, 9.17) is 0 Å². The molecule has 21 heavy (non-hydrogen) atoms. The average molecular weight is 290 g/mol. The van der Waals surface area contributed by atoms with E-state index >= 15 is 0 Å². The molecule has 1 heterocycles. The summed E-state index contributed by atoms with van der Waals surface area (Å²) < 4.78 is 0. The molecular formula is C16H22N2O3. The lowest BCUT2D eigenvalue weighted by atomic mass is 9.96. The Labute approximate surface area is 125 Å². The summed E-state index contributed by atoms with van der Waals surface area (Å²) >= 11 is 0. The van der Waals surface area contributed by atoms with Gasteiger partial charge in [-0.3, -0.25) is 9.59 Å². The number of likely N-dealkylation sites (tertiary alicyclic amines) is 1. The number of carbonyl (C=O) groups excluding carboxylic acids is 2. The summed E-state index contributed by atoms with van der Waals surface area (Å²) in [5.41, 5.74) is 0.676. The number of anilines is 1. The Balaban J connectivity index is 2.05. The highest BCUT2D eigenvalue weighted by atomic mass is 16.3. The number of aliphatic hydroxyl groups is 1. The number of aryl methyl sites for hydroxylation is 1. The van der Waals surface area contributed by atoms with E-state index < -0.39 is 17.4 Å². The van der Waals surface area contributed by atoms with Crippen LogP contribution in [0.2, 0.25) is 0 Å². The molecule has 0 bridgehead atoms. The topological polar surface area (TPSA) is 69.6 Å². The van der Waals surface area contributed by atoms with Crippen LogP contribution in [0.3, 0.4) is 0 Å². The normalized spacial score (nSPS) is 18.7. The maximum Gasteiger partial charge on any atom is 0.313 e. The lowest BCUT2D eigenvalue weighted by molar-refractivity contribution is -0.146. The molecule has 1 aliphatic heterocycles. The van der Waals surface area contributed by atoms with Crippen molar-refractivity contribution in [2.45, 2.75) is 45.3 Å². The summed E-state index contributed by atoms with van der Waals surface area (Å²) in [6.45, 7) is 5.80. The smallest absolute Gasteiger partial charge is 0.313 e. The van der Waals surface area contributed by atoms with Gasteiger partial charge in [-0.05, 0) is 45.7 Å². The number of nitrogens with one attached hydrogen (secondary N) is 1. The van der Waals surface area contributed by atoms with Gasteiger partial charge in [-0.2, -0.15) is 0 Å². The number of hydrogen-bond donors (Lipinski definition) is 2. The summed E-state index contributed by atoms with van der Waals surface area (Å²) in [6.07, 6.45) is 1.52. The van der Waals surface area contributed by atoms with Gasteiger partial charge >= 0.3 is 11.8 Å². The largest absolute Gasteiger partial charge is 0.388 e. The van der Waals surface area contributed by atoms with Crippen LogP contribution in [0.1, 0.15) is 32.3 Å². The first kappa shape index (κ1) is 15.5. The molecule has 1 atom stereocenters. The molecule has 2 rings (SSSR count). The molecule has 1 aliphatic rings. The molecule has 2 amide bonds. The highest BCUT2D eigenvalue weighted by Crippen LogP contribution is 2.26. The van der Waals surface area contributed by atoms with Gasteiger partial charge in [0.1, 0.15) is 0 Å². The summed E-state index contributed by atoms with van der Waals surface area (Å²) in [4.78, 5) is 25.8. The van der Waals surface area contributed by atoms with Crippen LogP contribution in [0.4, 0.5) is 5.69 Å². The number of nitrogens with zero attached hydrogens (tertiary/aromatic N) is 1. The van der Waals surface area contributed by atoms with E-state index in [1.807, 2.05) is 19.1 Å². The van der Waals surface area contributed by atoms with Crippen molar-refractivity contribution in [1.82, 2.24) is 4.90 Å². The van der Waals surface area contributed by atoms with Gasteiger partial charge in [0.25, 0.3) is 0 Å². The number of amides is 2. The van der Waals surface area contributed by atoms with Crippen LogP contribution in [-0.2, 0) is 9.59 Å². The zero-order chi connectivity index (χ0) is 15.6. The Morgan fingerprint density at radius 2 is 1.90 bits per heavy atom. The predicted molar refractivity (Wildman–Crippen MR) is 80.8 cm³/mol. The van der Waals surface area contributed by atoms with E-state index in [0.29, 0.717) is 18.7 Å². The second-order valence-corrected chi connectivity index (χ2v) is 6.13. The molecule has 0 radical (unpaired) electrons. The first-order valence-electron chi connectivity index (χ1n) is 7.20. The summed E-state index contributed by atoms with van der Waals surface area (Å²) in [5.74, 6) is -1.24. The van der Waals surface area contributed by atoms with Crippen LogP contribution in [0, 0.1) is 6.92 Å². The van der Waals surface area contributed by atoms with Crippen molar-refractivity contribution in [3.8, 4) is 0 Å². The van der Waals surface area contributed by atoms with Crippen molar-refractivity contribution >= 4 is 17.5 Å². The van der Waals surface area contributed by atoms with Gasteiger partial charge < -0.3 is 15.3 Å². The van der Waals surface area contributed by atoms with Crippen molar-refractivity contribution in [2.75, 3.05) is 11.9 Å². The third-order valence-electron chi connectivity index (χ3n) is 3.83. The van der Waals surface area contributed by atoms with E-state index in [1.54, 1.807) is 26.0 Å². The zero-order valence-corrected chi connectivity index (χ0v) is 12.7. The fourth-order valence-electron chi connectivity index (χ4n) is 2.70. The monoisotopic (exact) mass is 290 g/mol. The van der Waals surface area contributed by atoms with E-state index in [2.05, 4.69) is 5.32 Å². The lowest BCUT2D eigenvalue weighted by Gasteiger charge is -2.33. The summed E-state index contributed by atoms with van der Waals surface area (Å²) in [5, 5.41) is 12.7. The van der Waals surface area contributed by atoms with Gasteiger partial charge in [-0.25, -0.2) is 0 Å². The van der Waals surface area contributed by atoms with Gasteiger partial charge in [-0.15, -0.1) is 0 Å². The van der Waals surface area contributed by atoms with Crippen LogP contribution in [-0.4, -0.2) is 40.0 Å². The van der Waals surface area contributed by atoms with Crippen molar-refractivity contribution < 1.29 is 14.7 Å². The SMILES string of the molecule is Cc1ccc(NC(=O)C(=O)N2CCCC2C(C)(C)O)cc1. The van der Waals surface area contributed by atoms with Crippen molar-refractivity contribution in [1.29, 1.82) is 0 Å². The van der Waals surface area contributed by atoms with Gasteiger partial charge in [0.15, 0.2) is 0 Å². The number of rotatable bonds is 2. The zero-order valence-electron chi connectivity index (χ0n) is 12.7. The third-order valence-corrected chi connectivity index (χ3v) is 3.83. The Morgan fingerprint density at radius 1 is 1.29 bits per heavy atom. The molecule has 2 N–H and O–H groups in total. The molecular weight excluding hydrogens is 268 g/mol. The minimum atomic E-state index is -1.00. The second kappa shape index (κ2) is 5.85. The van der Waals surface area contributed by atoms with Crippen LogP contribution in [0.25, 0.3) is 0 Å². The molecule has 1 aromatic carbocycles. The van der Waals surface area contributed by atoms with Gasteiger partial charge in [0.2, 0.25) is 0 Å². The molecule has 1 unspecified atom stereocenters. The van der Waals surface area contributed by atoms with E-state index in [-0.39, 0.29) is 6.04 Å². The predicted octanol–water partition coefficient (Wildman–Crippen LogP) is 1.70. The number of benzene rings is 1. The fraction of sp³-hybridized carbons (Fsp3) is 0.500. The Kier molecular flexibility index (Phi) is 4.32. The Bertz CT molecular complexity index is 531. The van der Waals surface area contributed by atoms with Crippen LogP contribution in [0.5, 0.6) is 0 Å². The maximum atomic E-state index is 12.3. The molecule has 5 nitrogen and oxygen atoms in total. The highest BCUT2D eigenvalue weighted by Gasteiger charge is 2.40. The van der Waals surface area contributed by atoms with Gasteiger partial charge in [-0.1, -0.05) is 17.7 Å². The van der Waals surface area contributed by atoms with Crippen LogP contribution in [0.15, 0.2) is 24.3 Å². The fourth-order valence-corrected chi connectivity index (χ4v) is 2.70. The molecule has 1 aromatic rings. The van der Waals surface area contributed by atoms with Crippen LogP contribution >= 0.6 is 0 Å². The van der Waals surface area contributed by atoms with Gasteiger partial charge in [0, 0.05) is 12.2 Å². The van der Waals surface area contributed by atoms with E-state index in [1.165, 1.54) is 4.90 Å². The summed E-state index contributed by atoms with van der Waals surface area (Å²) in [7, 11) is 0. The van der Waals surface area contributed by atoms with Crippen molar-refractivity contribution in [2.24, 2.45) is 0 Å².